The molecule has 2 aliphatic rings. The van der Waals surface area contributed by atoms with Crippen LogP contribution in [0.2, 0.25) is 0 Å². The molecule has 0 spiro atoms. The van der Waals surface area contributed by atoms with E-state index in [4.69, 9.17) is 0 Å². The summed E-state index contributed by atoms with van der Waals surface area (Å²) in [5, 5.41) is 0. The van der Waals surface area contributed by atoms with Crippen molar-refractivity contribution >= 4 is 5.78 Å². The van der Waals surface area contributed by atoms with Crippen LogP contribution in [-0.2, 0) is 4.79 Å². The molecule has 10 heavy (non-hydrogen) atoms. The number of ketones is 1. The van der Waals surface area contributed by atoms with Gasteiger partial charge >= 0.3 is 0 Å². The molecule has 0 saturated heterocycles. The Bertz CT molecular complexity index is 235. The summed E-state index contributed by atoms with van der Waals surface area (Å²) in [6.45, 7) is 3.78. The summed E-state index contributed by atoms with van der Waals surface area (Å²) in [6.07, 6.45) is 5.29. The van der Waals surface area contributed by atoms with Crippen LogP contribution in [-0.4, -0.2) is 5.78 Å². The summed E-state index contributed by atoms with van der Waals surface area (Å²) < 4.78 is 0. The minimum Gasteiger partial charge on any atom is -0.290 e. The van der Waals surface area contributed by atoms with Crippen LogP contribution in [0, 0.1) is 5.92 Å². The molecule has 2 aliphatic carbocycles. The number of hydrogen-bond acceptors (Lipinski definition) is 1. The first-order valence-electron chi connectivity index (χ1n) is 3.72. The molecule has 0 aliphatic heterocycles. The minimum atomic E-state index is 0.166. The first-order chi connectivity index (χ1) is 4.79. The van der Waals surface area contributed by atoms with Crippen LogP contribution in [0.5, 0.6) is 0 Å². The Morgan fingerprint density at radius 2 is 2.40 bits per heavy atom. The summed E-state index contributed by atoms with van der Waals surface area (Å²) in [5.41, 5.74) is 2.16. The van der Waals surface area contributed by atoms with Gasteiger partial charge in [-0.15, -0.1) is 0 Å². The first-order valence-corrected chi connectivity index (χ1v) is 3.72. The standard InChI is InChI=1S/C9H10O/c1-6-8-4-2-3-7(8)5-9(6)10/h5,8H,1-4H2. The zero-order valence-electron chi connectivity index (χ0n) is 5.89. The van der Waals surface area contributed by atoms with Crippen LogP contribution < -0.4 is 0 Å². The van der Waals surface area contributed by atoms with Crippen molar-refractivity contribution in [3.8, 4) is 0 Å². The summed E-state index contributed by atoms with van der Waals surface area (Å²) in [7, 11) is 0. The van der Waals surface area contributed by atoms with Gasteiger partial charge in [-0.2, -0.15) is 0 Å². The van der Waals surface area contributed by atoms with Gasteiger partial charge in [0.15, 0.2) is 5.78 Å². The Morgan fingerprint density at radius 3 is 3.10 bits per heavy atom. The monoisotopic (exact) mass is 134 g/mol. The molecule has 0 N–H and O–H groups in total. The summed E-state index contributed by atoms with van der Waals surface area (Å²) >= 11 is 0. The van der Waals surface area contributed by atoms with Crippen molar-refractivity contribution in [3.63, 3.8) is 0 Å². The largest absolute Gasteiger partial charge is 0.290 e. The molecule has 0 aromatic carbocycles. The van der Waals surface area contributed by atoms with E-state index < -0.39 is 0 Å². The number of fused-ring (bicyclic) bond motifs is 1. The van der Waals surface area contributed by atoms with Gasteiger partial charge in [-0.25, -0.2) is 0 Å². The van der Waals surface area contributed by atoms with Crippen LogP contribution in [0.3, 0.4) is 0 Å². The number of carbonyl (C=O) groups excluding carboxylic acids is 1. The molecule has 52 valence electrons. The Labute approximate surface area is 60.4 Å². The molecule has 0 radical (unpaired) electrons. The molecule has 0 amide bonds. The zero-order valence-corrected chi connectivity index (χ0v) is 5.89. The first kappa shape index (κ1) is 5.90. The molecule has 1 saturated carbocycles. The van der Waals surface area contributed by atoms with Crippen molar-refractivity contribution in [1.29, 1.82) is 0 Å². The van der Waals surface area contributed by atoms with Crippen molar-refractivity contribution in [3.05, 3.63) is 23.8 Å². The van der Waals surface area contributed by atoms with Crippen molar-refractivity contribution in [1.82, 2.24) is 0 Å². The van der Waals surface area contributed by atoms with Gasteiger partial charge in [0.25, 0.3) is 0 Å². The molecule has 0 aromatic rings. The van der Waals surface area contributed by atoms with Crippen molar-refractivity contribution < 1.29 is 4.79 Å². The van der Waals surface area contributed by atoms with E-state index >= 15 is 0 Å². The molecule has 1 fully saturated rings. The van der Waals surface area contributed by atoms with E-state index in [1.165, 1.54) is 12.0 Å². The molecule has 1 nitrogen and oxygen atoms in total. The van der Waals surface area contributed by atoms with Crippen molar-refractivity contribution in [2.75, 3.05) is 0 Å². The van der Waals surface area contributed by atoms with Gasteiger partial charge in [0.1, 0.15) is 0 Å². The topological polar surface area (TPSA) is 17.1 Å². The maximum absolute atomic E-state index is 11.0. The normalized spacial score (nSPS) is 30.8. The number of carbonyl (C=O) groups is 1. The van der Waals surface area contributed by atoms with E-state index in [0.717, 1.165) is 18.4 Å². The molecule has 1 unspecified atom stereocenters. The predicted molar refractivity (Wildman–Crippen MR) is 39.6 cm³/mol. The fraction of sp³-hybridized carbons (Fsp3) is 0.444. The van der Waals surface area contributed by atoms with E-state index in [0.29, 0.717) is 5.92 Å². The van der Waals surface area contributed by atoms with E-state index in [1.807, 2.05) is 0 Å². The summed E-state index contributed by atoms with van der Waals surface area (Å²) in [4.78, 5) is 11.0. The number of rotatable bonds is 0. The quantitative estimate of drug-likeness (QED) is 0.462. The smallest absolute Gasteiger partial charge is 0.181 e. The van der Waals surface area contributed by atoms with Gasteiger partial charge in [-0.05, 0) is 30.9 Å². The van der Waals surface area contributed by atoms with Crippen LogP contribution >= 0.6 is 0 Å². The third-order valence-electron chi connectivity index (χ3n) is 2.46. The molecular formula is C9H10O. The third kappa shape index (κ3) is 0.605. The zero-order chi connectivity index (χ0) is 7.14. The minimum absolute atomic E-state index is 0.166. The molecule has 0 aromatic heterocycles. The Hall–Kier alpha value is -0.850. The average molecular weight is 134 g/mol. The average Bonchev–Trinajstić information content (AvgIpc) is 2.41. The molecule has 0 heterocycles. The third-order valence-corrected chi connectivity index (χ3v) is 2.46. The van der Waals surface area contributed by atoms with Crippen LogP contribution in [0.1, 0.15) is 19.3 Å². The SMILES string of the molecule is C=C1C(=O)C=C2CCCC12. The fourth-order valence-corrected chi connectivity index (χ4v) is 1.87. The van der Waals surface area contributed by atoms with Crippen LogP contribution in [0.4, 0.5) is 0 Å². The highest BCUT2D eigenvalue weighted by atomic mass is 16.1. The second-order valence-corrected chi connectivity index (χ2v) is 3.05. The summed E-state index contributed by atoms with van der Waals surface area (Å²) in [6, 6.07) is 0. The second-order valence-electron chi connectivity index (χ2n) is 3.05. The molecule has 2 rings (SSSR count). The Balaban J connectivity index is 2.38. The van der Waals surface area contributed by atoms with E-state index in [1.54, 1.807) is 6.08 Å². The molecule has 0 bridgehead atoms. The van der Waals surface area contributed by atoms with Crippen LogP contribution in [0.25, 0.3) is 0 Å². The van der Waals surface area contributed by atoms with Crippen LogP contribution in [0.15, 0.2) is 23.8 Å². The van der Waals surface area contributed by atoms with E-state index in [9.17, 15) is 4.79 Å². The van der Waals surface area contributed by atoms with Gasteiger partial charge in [-0.1, -0.05) is 12.2 Å². The summed E-state index contributed by atoms with van der Waals surface area (Å²) in [5.74, 6) is 0.604. The highest BCUT2D eigenvalue weighted by Crippen LogP contribution is 2.40. The van der Waals surface area contributed by atoms with E-state index in [2.05, 4.69) is 6.58 Å². The fourth-order valence-electron chi connectivity index (χ4n) is 1.87. The lowest BCUT2D eigenvalue weighted by atomic mass is 10.0. The van der Waals surface area contributed by atoms with E-state index in [-0.39, 0.29) is 5.78 Å². The lowest BCUT2D eigenvalue weighted by Gasteiger charge is -2.02. The van der Waals surface area contributed by atoms with Gasteiger partial charge < -0.3 is 0 Å². The molecule has 1 atom stereocenters. The highest BCUT2D eigenvalue weighted by molar-refractivity contribution is 6.07. The Morgan fingerprint density at radius 1 is 1.60 bits per heavy atom. The second kappa shape index (κ2) is 1.82. The van der Waals surface area contributed by atoms with Gasteiger partial charge in [-0.3, -0.25) is 4.79 Å². The van der Waals surface area contributed by atoms with Crippen molar-refractivity contribution in [2.45, 2.75) is 19.3 Å². The molecular weight excluding hydrogens is 124 g/mol. The number of allylic oxidation sites excluding steroid dienone is 3. The number of hydrogen-bond donors (Lipinski definition) is 0. The Kier molecular flexibility index (Phi) is 1.07. The molecule has 1 heteroatoms. The van der Waals surface area contributed by atoms with Crippen molar-refractivity contribution in [2.24, 2.45) is 5.92 Å². The maximum atomic E-state index is 11.0. The lowest BCUT2D eigenvalue weighted by Crippen LogP contribution is -1.98. The predicted octanol–water partition coefficient (Wildman–Crippen LogP) is 1.85. The lowest BCUT2D eigenvalue weighted by molar-refractivity contribution is -0.111. The highest BCUT2D eigenvalue weighted by Gasteiger charge is 2.31. The van der Waals surface area contributed by atoms with Gasteiger partial charge in [0.2, 0.25) is 0 Å². The van der Waals surface area contributed by atoms with Gasteiger partial charge in [0.05, 0.1) is 0 Å². The maximum Gasteiger partial charge on any atom is 0.181 e. The van der Waals surface area contributed by atoms with Gasteiger partial charge in [0, 0.05) is 5.92 Å².